The molecule has 138 valence electrons. The first-order valence-corrected chi connectivity index (χ1v) is 9.16. The van der Waals surface area contributed by atoms with Gasteiger partial charge in [0.2, 0.25) is 5.91 Å². The van der Waals surface area contributed by atoms with E-state index < -0.39 is 5.54 Å². The van der Waals surface area contributed by atoms with E-state index in [4.69, 9.17) is 4.74 Å². The summed E-state index contributed by atoms with van der Waals surface area (Å²) < 4.78 is 5.19. The Labute approximate surface area is 157 Å². The van der Waals surface area contributed by atoms with Crippen LogP contribution in [0.3, 0.4) is 0 Å². The molecule has 3 heteroatoms. The summed E-state index contributed by atoms with van der Waals surface area (Å²) in [6, 6.07) is 18.6. The minimum absolute atomic E-state index is 0.0264. The smallest absolute Gasteiger partial charge is 0.217 e. The number of carbonyl (C=O) groups is 1. The van der Waals surface area contributed by atoms with Crippen molar-refractivity contribution < 1.29 is 9.53 Å². The number of methoxy groups -OCH3 is 1. The Kier molecular flexibility index (Phi) is 7.61. The number of nitrogens with one attached hydrogen (secondary N) is 1. The lowest BCUT2D eigenvalue weighted by Gasteiger charge is -2.36. The van der Waals surface area contributed by atoms with Crippen molar-refractivity contribution in [3.63, 3.8) is 0 Å². The Morgan fingerprint density at radius 2 is 1.81 bits per heavy atom. The van der Waals surface area contributed by atoms with Gasteiger partial charge in [0.1, 0.15) is 0 Å². The number of rotatable bonds is 10. The number of amides is 1. The number of hydrogen-bond donors (Lipinski definition) is 1. The molecule has 0 aromatic heterocycles. The summed E-state index contributed by atoms with van der Waals surface area (Å²) >= 11 is 0. The highest BCUT2D eigenvalue weighted by Gasteiger charge is 2.33. The third-order valence-corrected chi connectivity index (χ3v) is 4.64. The molecule has 1 unspecified atom stereocenters. The lowest BCUT2D eigenvalue weighted by atomic mass is 9.78. The van der Waals surface area contributed by atoms with Crippen LogP contribution in [0.2, 0.25) is 0 Å². The van der Waals surface area contributed by atoms with Crippen LogP contribution in [0.1, 0.15) is 38.2 Å². The molecule has 2 aromatic rings. The van der Waals surface area contributed by atoms with E-state index in [9.17, 15) is 4.79 Å². The van der Waals surface area contributed by atoms with E-state index >= 15 is 0 Å². The molecule has 3 nitrogen and oxygen atoms in total. The Morgan fingerprint density at radius 1 is 1.12 bits per heavy atom. The third kappa shape index (κ3) is 5.06. The molecule has 2 rings (SSSR count). The van der Waals surface area contributed by atoms with Crippen molar-refractivity contribution in [2.24, 2.45) is 0 Å². The highest BCUT2D eigenvalue weighted by Crippen LogP contribution is 2.38. The predicted octanol–water partition coefficient (Wildman–Crippen LogP) is 5.08. The normalized spacial score (nSPS) is 13.0. The van der Waals surface area contributed by atoms with Gasteiger partial charge in [0.15, 0.2) is 0 Å². The van der Waals surface area contributed by atoms with Crippen LogP contribution in [0.25, 0.3) is 11.1 Å². The highest BCUT2D eigenvalue weighted by molar-refractivity contribution is 5.76. The molecule has 0 radical (unpaired) electrons. The minimum atomic E-state index is -0.465. The van der Waals surface area contributed by atoms with Gasteiger partial charge >= 0.3 is 0 Å². The first-order valence-electron chi connectivity index (χ1n) is 9.16. The Hall–Kier alpha value is -2.39. The number of ether oxygens (including phenoxy) is 1. The summed E-state index contributed by atoms with van der Waals surface area (Å²) in [5.41, 5.74) is 2.97. The molecule has 0 fully saturated rings. The van der Waals surface area contributed by atoms with Crippen molar-refractivity contribution in [3.8, 4) is 11.1 Å². The Morgan fingerprint density at radius 3 is 2.46 bits per heavy atom. The zero-order valence-corrected chi connectivity index (χ0v) is 15.8. The quantitative estimate of drug-likeness (QED) is 0.479. The number of hydrogen-bond acceptors (Lipinski definition) is 2. The van der Waals surface area contributed by atoms with E-state index in [1.165, 1.54) is 0 Å². The van der Waals surface area contributed by atoms with Gasteiger partial charge in [-0.3, -0.25) is 4.79 Å². The molecule has 1 atom stereocenters. The van der Waals surface area contributed by atoms with Crippen molar-refractivity contribution in [1.82, 2.24) is 5.32 Å². The van der Waals surface area contributed by atoms with Gasteiger partial charge in [0.05, 0.1) is 5.54 Å². The molecule has 0 saturated carbocycles. The second-order valence-electron chi connectivity index (χ2n) is 6.62. The van der Waals surface area contributed by atoms with Crippen LogP contribution in [0, 0.1) is 0 Å². The van der Waals surface area contributed by atoms with Crippen LogP contribution in [-0.2, 0) is 15.1 Å². The van der Waals surface area contributed by atoms with E-state index in [-0.39, 0.29) is 5.91 Å². The molecule has 0 aliphatic rings. The molecule has 0 aliphatic carbocycles. The fourth-order valence-corrected chi connectivity index (χ4v) is 3.55. The van der Waals surface area contributed by atoms with Crippen LogP contribution >= 0.6 is 0 Å². The van der Waals surface area contributed by atoms with Crippen molar-refractivity contribution in [2.75, 3.05) is 13.7 Å². The topological polar surface area (TPSA) is 38.3 Å². The zero-order chi connectivity index (χ0) is 18.8. The Balaban J connectivity index is 2.50. The van der Waals surface area contributed by atoms with Crippen LogP contribution < -0.4 is 5.32 Å². The van der Waals surface area contributed by atoms with Crippen LogP contribution in [0.15, 0.2) is 67.3 Å². The highest BCUT2D eigenvalue weighted by atomic mass is 16.5. The fraction of sp³-hybridized carbons (Fsp3) is 0.348. The van der Waals surface area contributed by atoms with Gasteiger partial charge in [-0.15, -0.1) is 6.58 Å². The molecule has 0 heterocycles. The monoisotopic (exact) mass is 351 g/mol. The fourth-order valence-electron chi connectivity index (χ4n) is 3.55. The lowest BCUT2D eigenvalue weighted by Crippen LogP contribution is -2.45. The molecule has 26 heavy (non-hydrogen) atoms. The standard InChI is InChI=1S/C23H29NO2/c1-4-16-23(24-19(2)25,17-10-11-18-26-3)22-15-9-8-14-21(22)20-12-6-5-7-13-20/h4-9,12-15H,1,10-11,16-18H2,2-3H3,(H,24,25). The SMILES string of the molecule is C=CCC(CCCCOC)(NC(C)=O)c1ccccc1-c1ccccc1. The van der Waals surface area contributed by atoms with Crippen molar-refractivity contribution in [1.29, 1.82) is 0 Å². The first kappa shape index (κ1) is 19.9. The van der Waals surface area contributed by atoms with Gasteiger partial charge in [-0.1, -0.05) is 60.7 Å². The first-order chi connectivity index (χ1) is 12.6. The minimum Gasteiger partial charge on any atom is -0.385 e. The molecule has 0 spiro atoms. The number of benzene rings is 2. The summed E-state index contributed by atoms with van der Waals surface area (Å²) in [5.74, 6) is -0.0264. The largest absolute Gasteiger partial charge is 0.385 e. The van der Waals surface area contributed by atoms with E-state index in [0.29, 0.717) is 6.42 Å². The van der Waals surface area contributed by atoms with Gasteiger partial charge in [-0.2, -0.15) is 0 Å². The van der Waals surface area contributed by atoms with Crippen molar-refractivity contribution in [2.45, 2.75) is 38.1 Å². The molecule has 1 amide bonds. The van der Waals surface area contributed by atoms with Crippen LogP contribution in [0.5, 0.6) is 0 Å². The average molecular weight is 351 g/mol. The maximum Gasteiger partial charge on any atom is 0.217 e. The molecular formula is C23H29NO2. The maximum absolute atomic E-state index is 12.1. The average Bonchev–Trinajstić information content (AvgIpc) is 2.65. The molecule has 2 aromatic carbocycles. The third-order valence-electron chi connectivity index (χ3n) is 4.64. The zero-order valence-electron chi connectivity index (χ0n) is 15.8. The summed E-state index contributed by atoms with van der Waals surface area (Å²) in [7, 11) is 1.72. The van der Waals surface area contributed by atoms with E-state index in [0.717, 1.165) is 42.6 Å². The van der Waals surface area contributed by atoms with Gasteiger partial charge in [0, 0.05) is 20.6 Å². The molecule has 0 saturated heterocycles. The molecule has 0 aliphatic heterocycles. The maximum atomic E-state index is 12.1. The number of unbranched alkanes of at least 4 members (excludes halogenated alkanes) is 1. The van der Waals surface area contributed by atoms with Crippen molar-refractivity contribution >= 4 is 5.91 Å². The van der Waals surface area contributed by atoms with E-state index in [1.807, 2.05) is 36.4 Å². The summed E-state index contributed by atoms with van der Waals surface area (Å²) in [5, 5.41) is 3.25. The van der Waals surface area contributed by atoms with Crippen LogP contribution in [0.4, 0.5) is 0 Å². The molecule has 0 bridgehead atoms. The van der Waals surface area contributed by atoms with Crippen molar-refractivity contribution in [3.05, 3.63) is 72.8 Å². The molecule has 1 N–H and O–H groups in total. The molecular weight excluding hydrogens is 322 g/mol. The lowest BCUT2D eigenvalue weighted by molar-refractivity contribution is -0.121. The predicted molar refractivity (Wildman–Crippen MR) is 108 cm³/mol. The van der Waals surface area contributed by atoms with Gasteiger partial charge in [0.25, 0.3) is 0 Å². The van der Waals surface area contributed by atoms with Crippen LogP contribution in [-0.4, -0.2) is 19.6 Å². The Bertz CT molecular complexity index is 711. The number of carbonyl (C=O) groups excluding carboxylic acids is 1. The summed E-state index contributed by atoms with van der Waals surface area (Å²) in [6.07, 6.45) is 5.34. The van der Waals surface area contributed by atoms with Gasteiger partial charge < -0.3 is 10.1 Å². The summed E-state index contributed by atoms with van der Waals surface area (Å²) in [4.78, 5) is 12.1. The second-order valence-corrected chi connectivity index (χ2v) is 6.62. The van der Waals surface area contributed by atoms with E-state index in [2.05, 4.69) is 36.2 Å². The van der Waals surface area contributed by atoms with Gasteiger partial charge in [-0.05, 0) is 42.4 Å². The van der Waals surface area contributed by atoms with Gasteiger partial charge in [-0.25, -0.2) is 0 Å². The second kappa shape index (κ2) is 9.93. The summed E-state index contributed by atoms with van der Waals surface area (Å²) in [6.45, 7) is 6.26. The van der Waals surface area contributed by atoms with E-state index in [1.54, 1.807) is 14.0 Å².